The molecule has 7 nitrogen and oxygen atoms in total. The Morgan fingerprint density at radius 2 is 2.24 bits per heavy atom. The van der Waals surface area contributed by atoms with Gasteiger partial charge >= 0.3 is 0 Å². The summed E-state index contributed by atoms with van der Waals surface area (Å²) in [7, 11) is 0. The molecule has 112 valence electrons. The van der Waals surface area contributed by atoms with Gasteiger partial charge in [0.25, 0.3) is 5.91 Å². The molecule has 0 radical (unpaired) electrons. The van der Waals surface area contributed by atoms with E-state index in [4.69, 9.17) is 5.73 Å². The molecule has 2 aromatic heterocycles. The Hall–Kier alpha value is -2.15. The first-order chi connectivity index (χ1) is 10.2. The largest absolute Gasteiger partial charge is 0.381 e. The van der Waals surface area contributed by atoms with Gasteiger partial charge in [0.1, 0.15) is 0 Å². The summed E-state index contributed by atoms with van der Waals surface area (Å²) >= 11 is 0. The lowest BCUT2D eigenvalue weighted by Gasteiger charge is -2.25. The Morgan fingerprint density at radius 3 is 2.90 bits per heavy atom. The van der Waals surface area contributed by atoms with Crippen LogP contribution in [-0.4, -0.2) is 39.8 Å². The lowest BCUT2D eigenvalue weighted by atomic mass is 10.0. The standard InChI is InChI=1S/C14H20N6O/c1-2-20-14-11(8-18-20)12(10(7-17-14)13(15)21)19-9-3-5-16-6-4-9/h7-9,16H,2-6H2,1H3,(H2,15,21)(H,17,19). The van der Waals surface area contributed by atoms with Crippen molar-refractivity contribution >= 4 is 22.6 Å². The number of nitrogens with two attached hydrogens (primary N) is 1. The van der Waals surface area contributed by atoms with E-state index in [0.29, 0.717) is 11.6 Å². The summed E-state index contributed by atoms with van der Waals surface area (Å²) < 4.78 is 1.81. The molecular weight excluding hydrogens is 268 g/mol. The maximum Gasteiger partial charge on any atom is 0.252 e. The average Bonchev–Trinajstić information content (AvgIpc) is 2.92. The molecule has 3 heterocycles. The summed E-state index contributed by atoms with van der Waals surface area (Å²) in [6, 6.07) is 0.333. The van der Waals surface area contributed by atoms with Gasteiger partial charge in [0, 0.05) is 18.8 Å². The number of nitrogens with one attached hydrogen (secondary N) is 2. The monoisotopic (exact) mass is 288 g/mol. The number of hydrogen-bond donors (Lipinski definition) is 3. The Kier molecular flexibility index (Phi) is 3.74. The number of carbonyl (C=O) groups excluding carboxylic acids is 1. The fourth-order valence-electron chi connectivity index (χ4n) is 2.77. The number of nitrogens with zero attached hydrogens (tertiary/aromatic N) is 3. The molecule has 1 amide bonds. The first kappa shape index (κ1) is 13.8. The molecule has 3 rings (SSSR count). The zero-order valence-electron chi connectivity index (χ0n) is 12.1. The van der Waals surface area contributed by atoms with Crippen LogP contribution in [0.1, 0.15) is 30.1 Å². The van der Waals surface area contributed by atoms with Crippen molar-refractivity contribution in [1.29, 1.82) is 0 Å². The predicted molar refractivity (Wildman–Crippen MR) is 81.2 cm³/mol. The van der Waals surface area contributed by atoms with E-state index < -0.39 is 5.91 Å². The average molecular weight is 288 g/mol. The van der Waals surface area contributed by atoms with Crippen molar-refractivity contribution in [2.45, 2.75) is 32.4 Å². The van der Waals surface area contributed by atoms with Crippen molar-refractivity contribution < 1.29 is 4.79 Å². The summed E-state index contributed by atoms with van der Waals surface area (Å²) in [5.74, 6) is -0.468. The van der Waals surface area contributed by atoms with Crippen LogP contribution in [0.2, 0.25) is 0 Å². The van der Waals surface area contributed by atoms with E-state index in [-0.39, 0.29) is 0 Å². The van der Waals surface area contributed by atoms with Gasteiger partial charge in [-0.3, -0.25) is 4.79 Å². The Bertz CT molecular complexity index is 659. The molecule has 0 spiro atoms. The molecule has 4 N–H and O–H groups in total. The normalized spacial score (nSPS) is 16.2. The predicted octanol–water partition coefficient (Wildman–Crippen LogP) is 0.714. The van der Waals surface area contributed by atoms with E-state index >= 15 is 0 Å². The maximum absolute atomic E-state index is 11.7. The van der Waals surface area contributed by atoms with Crippen LogP contribution >= 0.6 is 0 Å². The van der Waals surface area contributed by atoms with E-state index in [1.807, 2.05) is 11.6 Å². The SMILES string of the molecule is CCn1ncc2c(NC3CCNCC3)c(C(N)=O)cnc21. The lowest BCUT2D eigenvalue weighted by Crippen LogP contribution is -2.35. The van der Waals surface area contributed by atoms with Crippen molar-refractivity contribution in [2.24, 2.45) is 5.73 Å². The number of primary amides is 1. The highest BCUT2D eigenvalue weighted by Gasteiger charge is 2.20. The van der Waals surface area contributed by atoms with Crippen LogP contribution in [0.4, 0.5) is 5.69 Å². The summed E-state index contributed by atoms with van der Waals surface area (Å²) in [5, 5.41) is 12.0. The first-order valence-electron chi connectivity index (χ1n) is 7.32. The van der Waals surface area contributed by atoms with Crippen LogP contribution in [0.25, 0.3) is 11.0 Å². The number of pyridine rings is 1. The molecule has 0 saturated carbocycles. The highest BCUT2D eigenvalue weighted by atomic mass is 16.1. The lowest BCUT2D eigenvalue weighted by molar-refractivity contribution is 0.100. The smallest absolute Gasteiger partial charge is 0.252 e. The molecule has 0 aliphatic carbocycles. The van der Waals surface area contributed by atoms with Crippen LogP contribution in [-0.2, 0) is 6.54 Å². The van der Waals surface area contributed by atoms with Gasteiger partial charge in [-0.05, 0) is 32.9 Å². The molecule has 1 saturated heterocycles. The van der Waals surface area contributed by atoms with Crippen LogP contribution < -0.4 is 16.4 Å². The fraction of sp³-hybridized carbons (Fsp3) is 0.500. The number of anilines is 1. The molecule has 0 aromatic carbocycles. The molecule has 1 fully saturated rings. The fourth-order valence-corrected chi connectivity index (χ4v) is 2.77. The van der Waals surface area contributed by atoms with Crippen molar-refractivity contribution in [3.8, 4) is 0 Å². The second-order valence-corrected chi connectivity index (χ2v) is 5.28. The zero-order valence-corrected chi connectivity index (χ0v) is 12.1. The van der Waals surface area contributed by atoms with E-state index in [1.165, 1.54) is 0 Å². The first-order valence-corrected chi connectivity index (χ1v) is 7.32. The number of piperidine rings is 1. The van der Waals surface area contributed by atoms with E-state index in [9.17, 15) is 4.79 Å². The number of amides is 1. The minimum absolute atomic E-state index is 0.333. The number of carbonyl (C=O) groups is 1. The summed E-state index contributed by atoms with van der Waals surface area (Å²) in [5.41, 5.74) is 7.46. The number of aryl methyl sites for hydroxylation is 1. The molecule has 1 aliphatic heterocycles. The molecule has 2 aromatic rings. The maximum atomic E-state index is 11.7. The summed E-state index contributed by atoms with van der Waals surface area (Å²) in [4.78, 5) is 16.0. The van der Waals surface area contributed by atoms with Gasteiger partial charge in [-0.2, -0.15) is 5.10 Å². The van der Waals surface area contributed by atoms with Crippen molar-refractivity contribution in [3.63, 3.8) is 0 Å². The molecule has 21 heavy (non-hydrogen) atoms. The van der Waals surface area contributed by atoms with E-state index in [1.54, 1.807) is 12.4 Å². The van der Waals surface area contributed by atoms with Gasteiger partial charge in [-0.15, -0.1) is 0 Å². The topological polar surface area (TPSA) is 97.9 Å². The third-order valence-corrected chi connectivity index (χ3v) is 3.92. The molecule has 0 unspecified atom stereocenters. The van der Waals surface area contributed by atoms with Crippen molar-refractivity contribution in [3.05, 3.63) is 18.0 Å². The molecular formula is C14H20N6O. The summed E-state index contributed by atoms with van der Waals surface area (Å²) in [6.07, 6.45) is 5.33. The Morgan fingerprint density at radius 1 is 1.48 bits per heavy atom. The Labute approximate surface area is 122 Å². The number of rotatable bonds is 4. The quantitative estimate of drug-likeness (QED) is 0.770. The van der Waals surface area contributed by atoms with Crippen molar-refractivity contribution in [1.82, 2.24) is 20.1 Å². The third kappa shape index (κ3) is 2.56. The van der Waals surface area contributed by atoms with E-state index in [0.717, 1.165) is 49.2 Å². The van der Waals surface area contributed by atoms with Crippen LogP contribution in [0, 0.1) is 0 Å². The number of fused-ring (bicyclic) bond motifs is 1. The number of hydrogen-bond acceptors (Lipinski definition) is 5. The van der Waals surface area contributed by atoms with Crippen molar-refractivity contribution in [2.75, 3.05) is 18.4 Å². The van der Waals surface area contributed by atoms with Crippen LogP contribution in [0.15, 0.2) is 12.4 Å². The highest BCUT2D eigenvalue weighted by molar-refractivity contribution is 6.05. The molecule has 1 aliphatic rings. The van der Waals surface area contributed by atoms with Crippen LogP contribution in [0.3, 0.4) is 0 Å². The van der Waals surface area contributed by atoms with Gasteiger partial charge in [-0.25, -0.2) is 9.67 Å². The summed E-state index contributed by atoms with van der Waals surface area (Å²) in [6.45, 7) is 4.70. The minimum Gasteiger partial charge on any atom is -0.381 e. The third-order valence-electron chi connectivity index (χ3n) is 3.92. The zero-order chi connectivity index (χ0) is 14.8. The minimum atomic E-state index is -0.468. The van der Waals surface area contributed by atoms with Gasteiger partial charge < -0.3 is 16.4 Å². The van der Waals surface area contributed by atoms with Gasteiger partial charge in [0.15, 0.2) is 5.65 Å². The highest BCUT2D eigenvalue weighted by Crippen LogP contribution is 2.27. The molecule has 0 atom stereocenters. The Balaban J connectivity index is 2.05. The second kappa shape index (κ2) is 5.69. The molecule has 7 heteroatoms. The van der Waals surface area contributed by atoms with E-state index in [2.05, 4.69) is 20.7 Å². The van der Waals surface area contributed by atoms with Gasteiger partial charge in [-0.1, -0.05) is 0 Å². The second-order valence-electron chi connectivity index (χ2n) is 5.28. The van der Waals surface area contributed by atoms with Gasteiger partial charge in [0.2, 0.25) is 0 Å². The van der Waals surface area contributed by atoms with Gasteiger partial charge in [0.05, 0.1) is 22.8 Å². The van der Waals surface area contributed by atoms with Crippen LogP contribution in [0.5, 0.6) is 0 Å². The molecule has 0 bridgehead atoms. The number of aromatic nitrogens is 3.